The van der Waals surface area contributed by atoms with Crippen molar-refractivity contribution < 1.29 is 14.6 Å². The molecule has 2 atom stereocenters. The summed E-state index contributed by atoms with van der Waals surface area (Å²) >= 11 is 3.37. The molecule has 1 fully saturated rings. The van der Waals surface area contributed by atoms with Crippen LogP contribution < -0.4 is 11.1 Å². The molecule has 1 aliphatic heterocycles. The summed E-state index contributed by atoms with van der Waals surface area (Å²) in [5.41, 5.74) is 6.99. The quantitative estimate of drug-likeness (QED) is 0.701. The Morgan fingerprint density at radius 2 is 2.33 bits per heavy atom. The number of ether oxygens (including phenoxy) is 1. The molecule has 0 saturated carbocycles. The van der Waals surface area contributed by atoms with Crippen LogP contribution in [0.1, 0.15) is 6.92 Å². The SMILES string of the molecule is CC1CN(CC(=O)Nc2ccc(N)cc2Br)CC(CO)O1. The van der Waals surface area contributed by atoms with Crippen LogP contribution in [-0.4, -0.2) is 54.4 Å². The van der Waals surface area contributed by atoms with Gasteiger partial charge in [-0.1, -0.05) is 0 Å². The summed E-state index contributed by atoms with van der Waals surface area (Å²) in [4.78, 5) is 14.1. The lowest BCUT2D eigenvalue weighted by molar-refractivity contribution is -0.124. The fourth-order valence-corrected chi connectivity index (χ4v) is 2.89. The van der Waals surface area contributed by atoms with Crippen LogP contribution in [0.25, 0.3) is 0 Å². The summed E-state index contributed by atoms with van der Waals surface area (Å²) in [7, 11) is 0. The zero-order valence-electron chi connectivity index (χ0n) is 11.9. The molecule has 2 unspecified atom stereocenters. The van der Waals surface area contributed by atoms with Crippen molar-refractivity contribution in [2.45, 2.75) is 19.1 Å². The van der Waals surface area contributed by atoms with Gasteiger partial charge in [0.2, 0.25) is 5.91 Å². The lowest BCUT2D eigenvalue weighted by Gasteiger charge is -2.35. The number of hydrogen-bond donors (Lipinski definition) is 3. The number of amides is 1. The van der Waals surface area contributed by atoms with Gasteiger partial charge in [-0.3, -0.25) is 9.69 Å². The number of rotatable bonds is 4. The van der Waals surface area contributed by atoms with Gasteiger partial charge in [0, 0.05) is 23.2 Å². The zero-order chi connectivity index (χ0) is 15.4. The van der Waals surface area contributed by atoms with E-state index in [1.807, 2.05) is 11.8 Å². The molecule has 2 rings (SSSR count). The van der Waals surface area contributed by atoms with Crippen LogP contribution in [0.5, 0.6) is 0 Å². The Hall–Kier alpha value is -1.15. The Kier molecular flexibility index (Phi) is 5.58. The van der Waals surface area contributed by atoms with E-state index in [2.05, 4.69) is 21.2 Å². The first-order valence-corrected chi connectivity index (χ1v) is 7.60. The largest absolute Gasteiger partial charge is 0.399 e. The first kappa shape index (κ1) is 16.2. The molecule has 1 aromatic rings. The van der Waals surface area contributed by atoms with Crippen LogP contribution in [0.3, 0.4) is 0 Å². The van der Waals surface area contributed by atoms with E-state index >= 15 is 0 Å². The number of benzene rings is 1. The Balaban J connectivity index is 1.92. The maximum Gasteiger partial charge on any atom is 0.238 e. The molecular weight excluding hydrogens is 338 g/mol. The summed E-state index contributed by atoms with van der Waals surface area (Å²) in [6.07, 6.45) is -0.225. The van der Waals surface area contributed by atoms with Crippen molar-refractivity contribution in [2.24, 2.45) is 0 Å². The number of nitrogens with two attached hydrogens (primary N) is 1. The van der Waals surface area contributed by atoms with Gasteiger partial charge in [0.05, 0.1) is 31.0 Å². The van der Waals surface area contributed by atoms with Gasteiger partial charge in [0.15, 0.2) is 0 Å². The van der Waals surface area contributed by atoms with Gasteiger partial charge < -0.3 is 20.9 Å². The third-order valence-corrected chi connectivity index (χ3v) is 3.90. The predicted octanol–water partition coefficient (Wildman–Crippen LogP) is 1.05. The molecule has 1 heterocycles. The summed E-state index contributed by atoms with van der Waals surface area (Å²) in [5.74, 6) is -0.105. The topological polar surface area (TPSA) is 87.8 Å². The second-order valence-corrected chi connectivity index (χ2v) is 6.09. The Bertz CT molecular complexity index is 512. The minimum absolute atomic E-state index is 0.00644. The van der Waals surface area contributed by atoms with Crippen LogP contribution in [0.15, 0.2) is 22.7 Å². The molecule has 7 heteroatoms. The lowest BCUT2D eigenvalue weighted by atomic mass is 10.2. The summed E-state index contributed by atoms with van der Waals surface area (Å²) in [6.45, 7) is 3.39. The number of nitrogen functional groups attached to an aromatic ring is 1. The Morgan fingerprint density at radius 3 is 3.00 bits per heavy atom. The van der Waals surface area contributed by atoms with Crippen molar-refractivity contribution in [3.05, 3.63) is 22.7 Å². The number of carbonyl (C=O) groups excluding carboxylic acids is 1. The van der Waals surface area contributed by atoms with Crippen LogP contribution in [0.2, 0.25) is 0 Å². The van der Waals surface area contributed by atoms with Gasteiger partial charge in [-0.15, -0.1) is 0 Å². The number of anilines is 2. The average molecular weight is 358 g/mol. The highest BCUT2D eigenvalue weighted by Crippen LogP contribution is 2.24. The van der Waals surface area contributed by atoms with E-state index in [0.29, 0.717) is 24.5 Å². The van der Waals surface area contributed by atoms with Gasteiger partial charge in [-0.05, 0) is 41.1 Å². The molecule has 1 saturated heterocycles. The highest BCUT2D eigenvalue weighted by molar-refractivity contribution is 9.10. The second-order valence-electron chi connectivity index (χ2n) is 5.23. The minimum Gasteiger partial charge on any atom is -0.399 e. The summed E-state index contributed by atoms with van der Waals surface area (Å²) in [6, 6.07) is 5.24. The van der Waals surface area contributed by atoms with Gasteiger partial charge in [0.1, 0.15) is 0 Å². The number of aliphatic hydroxyl groups excluding tert-OH is 1. The van der Waals surface area contributed by atoms with E-state index in [-0.39, 0.29) is 31.3 Å². The second kappa shape index (κ2) is 7.22. The molecule has 0 bridgehead atoms. The molecule has 1 aromatic carbocycles. The van der Waals surface area contributed by atoms with E-state index in [9.17, 15) is 9.90 Å². The van der Waals surface area contributed by atoms with E-state index in [4.69, 9.17) is 10.5 Å². The molecule has 21 heavy (non-hydrogen) atoms. The normalized spacial score (nSPS) is 23.0. The minimum atomic E-state index is -0.232. The Morgan fingerprint density at radius 1 is 1.57 bits per heavy atom. The van der Waals surface area contributed by atoms with Crippen molar-refractivity contribution in [3.8, 4) is 0 Å². The number of aliphatic hydroxyl groups is 1. The predicted molar refractivity (Wildman–Crippen MR) is 85.0 cm³/mol. The van der Waals surface area contributed by atoms with E-state index in [1.165, 1.54) is 0 Å². The highest BCUT2D eigenvalue weighted by Gasteiger charge is 2.26. The van der Waals surface area contributed by atoms with E-state index in [0.717, 1.165) is 4.47 Å². The highest BCUT2D eigenvalue weighted by atomic mass is 79.9. The molecule has 1 aliphatic rings. The smallest absolute Gasteiger partial charge is 0.238 e. The first-order valence-electron chi connectivity index (χ1n) is 6.81. The Labute approximate surface area is 132 Å². The summed E-state index contributed by atoms with van der Waals surface area (Å²) < 4.78 is 6.30. The molecular formula is C14H20BrN3O3. The number of halogens is 1. The van der Waals surface area contributed by atoms with Crippen molar-refractivity contribution in [1.82, 2.24) is 4.90 Å². The van der Waals surface area contributed by atoms with Crippen molar-refractivity contribution in [2.75, 3.05) is 37.3 Å². The third-order valence-electron chi connectivity index (χ3n) is 3.24. The van der Waals surface area contributed by atoms with Crippen LogP contribution in [-0.2, 0) is 9.53 Å². The maximum atomic E-state index is 12.1. The zero-order valence-corrected chi connectivity index (χ0v) is 13.5. The number of carbonyl (C=O) groups is 1. The molecule has 0 spiro atoms. The van der Waals surface area contributed by atoms with Gasteiger partial charge >= 0.3 is 0 Å². The standard InChI is InChI=1S/C14H20BrN3O3/c1-9-5-18(6-11(8-19)21-9)7-14(20)17-13-3-2-10(16)4-12(13)15/h2-4,9,11,19H,5-8,16H2,1H3,(H,17,20). The number of hydrogen-bond acceptors (Lipinski definition) is 5. The molecule has 6 nitrogen and oxygen atoms in total. The third kappa shape index (κ3) is 4.67. The monoisotopic (exact) mass is 357 g/mol. The fourth-order valence-electron chi connectivity index (χ4n) is 2.40. The molecule has 0 aliphatic carbocycles. The molecule has 0 radical (unpaired) electrons. The van der Waals surface area contributed by atoms with Crippen LogP contribution >= 0.6 is 15.9 Å². The van der Waals surface area contributed by atoms with Gasteiger partial charge in [-0.2, -0.15) is 0 Å². The number of nitrogens with one attached hydrogen (secondary N) is 1. The van der Waals surface area contributed by atoms with E-state index < -0.39 is 0 Å². The fraction of sp³-hybridized carbons (Fsp3) is 0.500. The average Bonchev–Trinajstić information content (AvgIpc) is 2.41. The van der Waals surface area contributed by atoms with Crippen LogP contribution in [0, 0.1) is 0 Å². The molecule has 1 amide bonds. The lowest BCUT2D eigenvalue weighted by Crippen LogP contribution is -2.50. The number of morpholine rings is 1. The van der Waals surface area contributed by atoms with Gasteiger partial charge in [0.25, 0.3) is 0 Å². The van der Waals surface area contributed by atoms with Crippen LogP contribution in [0.4, 0.5) is 11.4 Å². The molecule has 4 N–H and O–H groups in total. The summed E-state index contributed by atoms with van der Waals surface area (Å²) in [5, 5.41) is 12.0. The first-order chi connectivity index (χ1) is 9.97. The van der Waals surface area contributed by atoms with Crippen molar-refractivity contribution >= 4 is 33.2 Å². The van der Waals surface area contributed by atoms with Crippen molar-refractivity contribution in [3.63, 3.8) is 0 Å². The number of nitrogens with zero attached hydrogens (tertiary/aromatic N) is 1. The molecule has 116 valence electrons. The van der Waals surface area contributed by atoms with Crippen molar-refractivity contribution in [1.29, 1.82) is 0 Å². The molecule has 0 aromatic heterocycles. The maximum absolute atomic E-state index is 12.1. The van der Waals surface area contributed by atoms with Gasteiger partial charge in [-0.25, -0.2) is 0 Å². The van der Waals surface area contributed by atoms with E-state index in [1.54, 1.807) is 18.2 Å².